The molecule has 0 aliphatic rings. The van der Waals surface area contributed by atoms with Crippen molar-refractivity contribution in [2.24, 2.45) is 0 Å². The van der Waals surface area contributed by atoms with Crippen molar-refractivity contribution in [1.82, 2.24) is 5.32 Å². The predicted octanol–water partition coefficient (Wildman–Crippen LogP) is 4.65. The van der Waals surface area contributed by atoms with Gasteiger partial charge in [-0.2, -0.15) is 0 Å². The molecule has 0 spiro atoms. The SMILES string of the molecule is CCOc1ccc(OCC(=O)NC(C)c2ccc(Cl)cc2Cl)cc1. The van der Waals surface area contributed by atoms with Gasteiger partial charge in [0.2, 0.25) is 0 Å². The van der Waals surface area contributed by atoms with Crippen molar-refractivity contribution in [2.45, 2.75) is 19.9 Å². The van der Waals surface area contributed by atoms with E-state index in [0.29, 0.717) is 22.4 Å². The molecule has 128 valence electrons. The van der Waals surface area contributed by atoms with Crippen molar-refractivity contribution in [2.75, 3.05) is 13.2 Å². The van der Waals surface area contributed by atoms with Crippen molar-refractivity contribution in [3.05, 3.63) is 58.1 Å². The molecule has 0 aliphatic carbocycles. The standard InChI is InChI=1S/C18H19Cl2NO3/c1-3-23-14-5-7-15(8-6-14)24-11-18(22)21-12(2)16-9-4-13(19)10-17(16)20/h4-10,12H,3,11H2,1-2H3,(H,21,22). The van der Waals surface area contributed by atoms with Gasteiger partial charge in [0, 0.05) is 10.0 Å². The first-order chi connectivity index (χ1) is 11.5. The number of hydrogen-bond acceptors (Lipinski definition) is 3. The van der Waals surface area contributed by atoms with Gasteiger partial charge in [-0.15, -0.1) is 0 Å². The van der Waals surface area contributed by atoms with Gasteiger partial charge in [-0.3, -0.25) is 4.79 Å². The Balaban J connectivity index is 1.86. The molecule has 2 aromatic carbocycles. The zero-order valence-electron chi connectivity index (χ0n) is 13.5. The van der Waals surface area contributed by atoms with Gasteiger partial charge in [-0.1, -0.05) is 29.3 Å². The van der Waals surface area contributed by atoms with E-state index in [-0.39, 0.29) is 18.6 Å². The minimum absolute atomic E-state index is 0.0798. The summed E-state index contributed by atoms with van der Waals surface area (Å²) in [7, 11) is 0. The third-order valence-corrected chi connectivity index (χ3v) is 3.87. The van der Waals surface area contributed by atoms with Crippen molar-refractivity contribution < 1.29 is 14.3 Å². The summed E-state index contributed by atoms with van der Waals surface area (Å²) in [5.74, 6) is 1.13. The van der Waals surface area contributed by atoms with Crippen molar-refractivity contribution in [1.29, 1.82) is 0 Å². The predicted molar refractivity (Wildman–Crippen MR) is 96.1 cm³/mol. The molecule has 24 heavy (non-hydrogen) atoms. The van der Waals surface area contributed by atoms with Crippen LogP contribution in [-0.2, 0) is 4.79 Å². The van der Waals surface area contributed by atoms with Gasteiger partial charge < -0.3 is 14.8 Å². The van der Waals surface area contributed by atoms with Gasteiger partial charge in [0.25, 0.3) is 5.91 Å². The summed E-state index contributed by atoms with van der Waals surface area (Å²) in [6.07, 6.45) is 0. The summed E-state index contributed by atoms with van der Waals surface area (Å²) >= 11 is 12.0. The Morgan fingerprint density at radius 2 is 1.71 bits per heavy atom. The van der Waals surface area contributed by atoms with E-state index >= 15 is 0 Å². The maximum atomic E-state index is 12.0. The number of nitrogens with one attached hydrogen (secondary N) is 1. The Hall–Kier alpha value is -1.91. The molecule has 4 nitrogen and oxygen atoms in total. The van der Waals surface area contributed by atoms with E-state index in [1.807, 2.05) is 13.8 Å². The lowest BCUT2D eigenvalue weighted by Crippen LogP contribution is -2.31. The zero-order chi connectivity index (χ0) is 17.5. The quantitative estimate of drug-likeness (QED) is 0.774. The van der Waals surface area contributed by atoms with Crippen LogP contribution in [0, 0.1) is 0 Å². The van der Waals surface area contributed by atoms with Crippen LogP contribution in [0.2, 0.25) is 10.0 Å². The molecular formula is C18H19Cl2NO3. The minimum atomic E-state index is -0.244. The van der Waals surface area contributed by atoms with Crippen molar-refractivity contribution in [3.63, 3.8) is 0 Å². The Kier molecular flexibility index (Phi) is 6.76. The van der Waals surface area contributed by atoms with Crippen LogP contribution in [0.1, 0.15) is 25.5 Å². The fourth-order valence-corrected chi connectivity index (χ4v) is 2.73. The number of rotatable bonds is 7. The fraction of sp³-hybridized carbons (Fsp3) is 0.278. The molecule has 2 rings (SSSR count). The average Bonchev–Trinajstić information content (AvgIpc) is 2.54. The van der Waals surface area contributed by atoms with E-state index in [1.54, 1.807) is 42.5 Å². The molecule has 0 aliphatic heterocycles. The topological polar surface area (TPSA) is 47.6 Å². The molecule has 0 heterocycles. The smallest absolute Gasteiger partial charge is 0.258 e. The van der Waals surface area contributed by atoms with E-state index in [9.17, 15) is 4.79 Å². The maximum absolute atomic E-state index is 12.0. The van der Waals surface area contributed by atoms with Crippen LogP contribution in [0.5, 0.6) is 11.5 Å². The normalized spacial score (nSPS) is 11.7. The van der Waals surface area contributed by atoms with Crippen LogP contribution in [0.25, 0.3) is 0 Å². The number of ether oxygens (including phenoxy) is 2. The Morgan fingerprint density at radius 1 is 1.08 bits per heavy atom. The molecule has 0 radical (unpaired) electrons. The van der Waals surface area contributed by atoms with Crippen LogP contribution < -0.4 is 14.8 Å². The third-order valence-electron chi connectivity index (χ3n) is 3.31. The minimum Gasteiger partial charge on any atom is -0.494 e. The van der Waals surface area contributed by atoms with E-state index in [1.165, 1.54) is 0 Å². The monoisotopic (exact) mass is 367 g/mol. The summed E-state index contributed by atoms with van der Waals surface area (Å²) < 4.78 is 10.8. The highest BCUT2D eigenvalue weighted by atomic mass is 35.5. The molecule has 1 amide bonds. The molecule has 0 aromatic heterocycles. The molecule has 0 saturated heterocycles. The molecule has 0 saturated carbocycles. The highest BCUT2D eigenvalue weighted by Gasteiger charge is 2.13. The Bertz CT molecular complexity index is 689. The van der Waals surface area contributed by atoms with Gasteiger partial charge in [-0.25, -0.2) is 0 Å². The molecule has 0 fully saturated rings. The lowest BCUT2D eigenvalue weighted by molar-refractivity contribution is -0.123. The second-order valence-electron chi connectivity index (χ2n) is 5.15. The number of amides is 1. The van der Waals surface area contributed by atoms with Crippen LogP contribution in [0.3, 0.4) is 0 Å². The molecule has 1 unspecified atom stereocenters. The maximum Gasteiger partial charge on any atom is 0.258 e. The molecular weight excluding hydrogens is 349 g/mol. The van der Waals surface area contributed by atoms with Gasteiger partial charge in [0.15, 0.2) is 6.61 Å². The van der Waals surface area contributed by atoms with E-state index in [0.717, 1.165) is 11.3 Å². The summed E-state index contributed by atoms with van der Waals surface area (Å²) in [5.41, 5.74) is 0.801. The lowest BCUT2D eigenvalue weighted by Gasteiger charge is -2.16. The second-order valence-corrected chi connectivity index (χ2v) is 5.99. The van der Waals surface area contributed by atoms with Gasteiger partial charge in [-0.05, 0) is 55.8 Å². The van der Waals surface area contributed by atoms with Gasteiger partial charge in [0.1, 0.15) is 11.5 Å². The van der Waals surface area contributed by atoms with Crippen molar-refractivity contribution in [3.8, 4) is 11.5 Å². The Labute approximate surface area is 151 Å². The third kappa shape index (κ3) is 5.32. The number of hydrogen-bond donors (Lipinski definition) is 1. The molecule has 6 heteroatoms. The first kappa shape index (κ1) is 18.4. The summed E-state index contributed by atoms with van der Waals surface area (Å²) in [6, 6.07) is 12.1. The summed E-state index contributed by atoms with van der Waals surface area (Å²) in [5, 5.41) is 3.92. The van der Waals surface area contributed by atoms with E-state index in [2.05, 4.69) is 5.32 Å². The van der Waals surface area contributed by atoms with Crippen LogP contribution >= 0.6 is 23.2 Å². The van der Waals surface area contributed by atoms with E-state index < -0.39 is 0 Å². The second kappa shape index (κ2) is 8.81. The van der Waals surface area contributed by atoms with Crippen LogP contribution in [-0.4, -0.2) is 19.1 Å². The molecule has 2 aromatic rings. The molecule has 1 atom stereocenters. The number of carbonyl (C=O) groups is 1. The first-order valence-electron chi connectivity index (χ1n) is 7.59. The highest BCUT2D eigenvalue weighted by Crippen LogP contribution is 2.26. The van der Waals surface area contributed by atoms with Gasteiger partial charge in [0.05, 0.1) is 12.6 Å². The average molecular weight is 368 g/mol. The van der Waals surface area contributed by atoms with Crippen molar-refractivity contribution >= 4 is 29.1 Å². The molecule has 1 N–H and O–H groups in total. The number of benzene rings is 2. The first-order valence-corrected chi connectivity index (χ1v) is 8.35. The number of carbonyl (C=O) groups excluding carboxylic acids is 1. The Morgan fingerprint density at radius 3 is 2.29 bits per heavy atom. The summed E-state index contributed by atoms with van der Waals surface area (Å²) in [6.45, 7) is 4.30. The lowest BCUT2D eigenvalue weighted by atomic mass is 10.1. The highest BCUT2D eigenvalue weighted by molar-refractivity contribution is 6.35. The summed E-state index contributed by atoms with van der Waals surface area (Å²) in [4.78, 5) is 12.0. The number of halogens is 2. The largest absolute Gasteiger partial charge is 0.494 e. The van der Waals surface area contributed by atoms with E-state index in [4.69, 9.17) is 32.7 Å². The van der Waals surface area contributed by atoms with Crippen LogP contribution in [0.4, 0.5) is 0 Å². The zero-order valence-corrected chi connectivity index (χ0v) is 15.0. The molecule has 0 bridgehead atoms. The fourth-order valence-electron chi connectivity index (χ4n) is 2.16. The van der Waals surface area contributed by atoms with Crippen LogP contribution in [0.15, 0.2) is 42.5 Å². The van der Waals surface area contributed by atoms with Gasteiger partial charge >= 0.3 is 0 Å².